The minimum absolute atomic E-state index is 0.156. The highest BCUT2D eigenvalue weighted by Crippen LogP contribution is 2.15. The molecular weight excluding hydrogens is 266 g/mol. The summed E-state index contributed by atoms with van der Waals surface area (Å²) in [6.07, 6.45) is 1.44. The molecule has 0 aliphatic rings. The molecule has 0 spiro atoms. The molecule has 7 nitrogen and oxygen atoms in total. The molecule has 94 valence electrons. The van der Waals surface area contributed by atoms with Gasteiger partial charge in [-0.15, -0.1) is 5.10 Å². The zero-order valence-electron chi connectivity index (χ0n) is 9.45. The first-order valence-electron chi connectivity index (χ1n) is 5.32. The number of carbonyl (C=O) groups is 1. The van der Waals surface area contributed by atoms with Crippen molar-refractivity contribution in [2.24, 2.45) is 0 Å². The van der Waals surface area contributed by atoms with E-state index in [1.165, 1.54) is 6.20 Å². The van der Waals surface area contributed by atoms with Gasteiger partial charge in [-0.05, 0) is 6.07 Å². The Balaban J connectivity index is 2.08. The number of nitrogens with one attached hydrogen (secondary N) is 2. The molecule has 1 aromatic carbocycles. The highest BCUT2D eigenvalue weighted by molar-refractivity contribution is 7.10. The lowest BCUT2D eigenvalue weighted by Gasteiger charge is -2.03. The molecule has 2 N–H and O–H groups in total. The molecule has 3 aromatic rings. The van der Waals surface area contributed by atoms with Crippen molar-refractivity contribution in [3.05, 3.63) is 46.5 Å². The maximum absolute atomic E-state index is 12.1. The maximum atomic E-state index is 12.1. The summed E-state index contributed by atoms with van der Waals surface area (Å²) in [6.45, 7) is 0. The SMILES string of the molecule is O=C(Nc1cnns1)c1n[nH]c(=O)c2ccccc12. The van der Waals surface area contributed by atoms with E-state index in [0.717, 1.165) is 11.5 Å². The molecule has 2 heterocycles. The van der Waals surface area contributed by atoms with Crippen LogP contribution < -0.4 is 10.9 Å². The average molecular weight is 273 g/mol. The number of H-pyrrole nitrogens is 1. The normalized spacial score (nSPS) is 10.5. The number of hydrogen-bond donors (Lipinski definition) is 2. The molecule has 0 aliphatic carbocycles. The van der Waals surface area contributed by atoms with Gasteiger partial charge in [-0.25, -0.2) is 5.10 Å². The predicted octanol–water partition coefficient (Wildman–Crippen LogP) is 1.03. The van der Waals surface area contributed by atoms with Gasteiger partial charge in [0.2, 0.25) is 0 Å². The molecular formula is C11H7N5O2S. The van der Waals surface area contributed by atoms with Crippen LogP contribution in [0.15, 0.2) is 35.3 Å². The summed E-state index contributed by atoms with van der Waals surface area (Å²) in [7, 11) is 0. The van der Waals surface area contributed by atoms with Crippen molar-refractivity contribution in [3.63, 3.8) is 0 Å². The Morgan fingerprint density at radius 1 is 1.26 bits per heavy atom. The standard InChI is InChI=1S/C11H7N5O2S/c17-10-7-4-2-1-3-6(7)9(14-15-10)11(18)13-8-5-12-16-19-8/h1-5H,(H,13,18)(H,15,17). The Kier molecular flexibility index (Phi) is 2.76. The van der Waals surface area contributed by atoms with Crippen LogP contribution in [-0.2, 0) is 0 Å². The number of hydrogen-bond acceptors (Lipinski definition) is 6. The van der Waals surface area contributed by atoms with Crippen LogP contribution >= 0.6 is 11.5 Å². The van der Waals surface area contributed by atoms with Crippen LogP contribution in [0, 0.1) is 0 Å². The summed E-state index contributed by atoms with van der Waals surface area (Å²) in [4.78, 5) is 23.7. The van der Waals surface area contributed by atoms with Crippen LogP contribution in [0.5, 0.6) is 0 Å². The third kappa shape index (κ3) is 2.08. The number of anilines is 1. The summed E-state index contributed by atoms with van der Waals surface area (Å²) >= 11 is 1.06. The predicted molar refractivity (Wildman–Crippen MR) is 70.2 cm³/mol. The van der Waals surface area contributed by atoms with Crippen molar-refractivity contribution in [1.29, 1.82) is 0 Å². The molecule has 0 atom stereocenters. The van der Waals surface area contributed by atoms with Gasteiger partial charge in [0, 0.05) is 16.9 Å². The Morgan fingerprint density at radius 3 is 2.79 bits per heavy atom. The van der Waals surface area contributed by atoms with E-state index < -0.39 is 5.91 Å². The molecule has 0 radical (unpaired) electrons. The number of rotatable bonds is 2. The van der Waals surface area contributed by atoms with E-state index in [4.69, 9.17) is 0 Å². The van der Waals surface area contributed by atoms with Gasteiger partial charge >= 0.3 is 0 Å². The molecule has 0 saturated carbocycles. The monoisotopic (exact) mass is 273 g/mol. The van der Waals surface area contributed by atoms with Crippen molar-refractivity contribution < 1.29 is 4.79 Å². The van der Waals surface area contributed by atoms with Gasteiger partial charge in [0.25, 0.3) is 11.5 Å². The molecule has 0 saturated heterocycles. The minimum Gasteiger partial charge on any atom is -0.310 e. The Labute approximate surface area is 110 Å². The number of aromatic nitrogens is 4. The van der Waals surface area contributed by atoms with Crippen LogP contribution in [-0.4, -0.2) is 25.7 Å². The van der Waals surface area contributed by atoms with E-state index in [2.05, 4.69) is 25.1 Å². The van der Waals surface area contributed by atoms with Crippen molar-refractivity contribution in [3.8, 4) is 0 Å². The minimum atomic E-state index is -0.418. The van der Waals surface area contributed by atoms with E-state index in [0.29, 0.717) is 15.8 Å². The topological polar surface area (TPSA) is 101 Å². The molecule has 0 fully saturated rings. The van der Waals surface area contributed by atoms with Crippen LogP contribution in [0.25, 0.3) is 10.8 Å². The van der Waals surface area contributed by atoms with Crippen molar-refractivity contribution >= 4 is 33.2 Å². The number of benzene rings is 1. The second-order valence-electron chi connectivity index (χ2n) is 3.68. The number of nitrogens with zero attached hydrogens (tertiary/aromatic N) is 3. The van der Waals surface area contributed by atoms with Crippen LogP contribution in [0.1, 0.15) is 10.5 Å². The van der Waals surface area contributed by atoms with Gasteiger partial charge in [-0.1, -0.05) is 22.7 Å². The highest BCUT2D eigenvalue weighted by Gasteiger charge is 2.14. The Bertz CT molecular complexity index is 796. The zero-order valence-corrected chi connectivity index (χ0v) is 10.3. The molecule has 2 aromatic heterocycles. The summed E-state index contributed by atoms with van der Waals surface area (Å²) in [5.41, 5.74) is -0.171. The number of amides is 1. The third-order valence-corrected chi connectivity index (χ3v) is 3.09. The summed E-state index contributed by atoms with van der Waals surface area (Å²) in [5, 5.41) is 13.8. The number of fused-ring (bicyclic) bond motifs is 1. The first-order valence-corrected chi connectivity index (χ1v) is 6.09. The van der Waals surface area contributed by atoms with E-state index in [1.807, 2.05) is 0 Å². The lowest BCUT2D eigenvalue weighted by Crippen LogP contribution is -2.18. The van der Waals surface area contributed by atoms with Crippen molar-refractivity contribution in [1.82, 2.24) is 19.8 Å². The third-order valence-electron chi connectivity index (χ3n) is 2.51. The summed E-state index contributed by atoms with van der Waals surface area (Å²) in [5.74, 6) is -0.418. The highest BCUT2D eigenvalue weighted by atomic mass is 32.1. The van der Waals surface area contributed by atoms with Gasteiger partial charge in [-0.3, -0.25) is 9.59 Å². The molecule has 1 amide bonds. The quantitative estimate of drug-likeness (QED) is 0.726. The van der Waals surface area contributed by atoms with Gasteiger partial charge in [0.05, 0.1) is 11.6 Å². The van der Waals surface area contributed by atoms with Gasteiger partial charge in [0.1, 0.15) is 5.00 Å². The fraction of sp³-hybridized carbons (Fsp3) is 0. The first-order chi connectivity index (χ1) is 9.25. The fourth-order valence-corrected chi connectivity index (χ4v) is 2.10. The van der Waals surface area contributed by atoms with Crippen molar-refractivity contribution in [2.45, 2.75) is 0 Å². The largest absolute Gasteiger partial charge is 0.310 e. The average Bonchev–Trinajstić information content (AvgIpc) is 2.92. The fourth-order valence-electron chi connectivity index (χ4n) is 1.68. The smallest absolute Gasteiger partial charge is 0.277 e. The van der Waals surface area contributed by atoms with E-state index in [9.17, 15) is 9.59 Å². The second-order valence-corrected chi connectivity index (χ2v) is 4.47. The van der Waals surface area contributed by atoms with Crippen LogP contribution in [0.3, 0.4) is 0 Å². The molecule has 19 heavy (non-hydrogen) atoms. The molecule has 0 unspecified atom stereocenters. The van der Waals surface area contributed by atoms with Gasteiger partial charge in [0.15, 0.2) is 5.69 Å². The van der Waals surface area contributed by atoms with E-state index in [-0.39, 0.29) is 11.3 Å². The maximum Gasteiger partial charge on any atom is 0.277 e. The molecule has 0 aliphatic heterocycles. The van der Waals surface area contributed by atoms with Crippen LogP contribution in [0.4, 0.5) is 5.00 Å². The zero-order chi connectivity index (χ0) is 13.2. The lowest BCUT2D eigenvalue weighted by molar-refractivity contribution is 0.102. The Hall–Kier alpha value is -2.61. The summed E-state index contributed by atoms with van der Waals surface area (Å²) < 4.78 is 3.64. The number of carbonyl (C=O) groups excluding carboxylic acids is 1. The first kappa shape index (κ1) is 11.5. The molecule has 3 rings (SSSR count). The lowest BCUT2D eigenvalue weighted by atomic mass is 10.1. The van der Waals surface area contributed by atoms with Gasteiger partial charge < -0.3 is 5.32 Å². The van der Waals surface area contributed by atoms with E-state index in [1.54, 1.807) is 24.3 Å². The van der Waals surface area contributed by atoms with Crippen LogP contribution in [0.2, 0.25) is 0 Å². The van der Waals surface area contributed by atoms with E-state index >= 15 is 0 Å². The second kappa shape index (κ2) is 4.58. The van der Waals surface area contributed by atoms with Gasteiger partial charge in [-0.2, -0.15) is 5.10 Å². The Morgan fingerprint density at radius 2 is 2.05 bits per heavy atom. The summed E-state index contributed by atoms with van der Waals surface area (Å²) in [6, 6.07) is 6.79. The molecule has 8 heteroatoms. The molecule has 0 bridgehead atoms. The number of aromatic amines is 1. The van der Waals surface area contributed by atoms with Crippen molar-refractivity contribution in [2.75, 3.05) is 5.32 Å².